The van der Waals surface area contributed by atoms with Crippen LogP contribution in [0.1, 0.15) is 32.6 Å². The summed E-state index contributed by atoms with van der Waals surface area (Å²) in [5.74, 6) is 1.56. The minimum atomic E-state index is 0.380. The van der Waals surface area contributed by atoms with Crippen LogP contribution in [0.25, 0.3) is 0 Å². The van der Waals surface area contributed by atoms with Gasteiger partial charge in [-0.15, -0.1) is 0 Å². The van der Waals surface area contributed by atoms with E-state index in [4.69, 9.17) is 14.2 Å². The van der Waals surface area contributed by atoms with Crippen LogP contribution < -0.4 is 14.8 Å². The number of hydrogen-bond donors (Lipinski definition) is 1. The topological polar surface area (TPSA) is 39.7 Å². The molecule has 2 unspecified atom stereocenters. The zero-order valence-electron chi connectivity index (χ0n) is 12.6. The number of methoxy groups -OCH3 is 2. The van der Waals surface area contributed by atoms with Gasteiger partial charge in [0.1, 0.15) is 0 Å². The zero-order chi connectivity index (χ0) is 14.4. The smallest absolute Gasteiger partial charge is 0.163 e. The third-order valence-corrected chi connectivity index (χ3v) is 3.79. The van der Waals surface area contributed by atoms with Crippen LogP contribution in [0.15, 0.2) is 18.2 Å². The highest BCUT2D eigenvalue weighted by Gasteiger charge is 2.21. The molecule has 1 aromatic carbocycles. The van der Waals surface area contributed by atoms with E-state index in [0.717, 1.165) is 23.6 Å². The van der Waals surface area contributed by atoms with Crippen LogP contribution in [0.5, 0.6) is 11.5 Å². The van der Waals surface area contributed by atoms with Crippen LogP contribution in [0.2, 0.25) is 0 Å². The van der Waals surface area contributed by atoms with Crippen molar-refractivity contribution in [3.8, 4) is 11.5 Å². The van der Waals surface area contributed by atoms with Crippen molar-refractivity contribution >= 4 is 5.69 Å². The second-order valence-electron chi connectivity index (χ2n) is 5.16. The van der Waals surface area contributed by atoms with Gasteiger partial charge in [-0.1, -0.05) is 0 Å². The first-order valence-corrected chi connectivity index (χ1v) is 7.37. The molecule has 0 amide bonds. The Labute approximate surface area is 121 Å². The molecule has 4 heteroatoms. The van der Waals surface area contributed by atoms with Crippen LogP contribution in [-0.4, -0.2) is 33.0 Å². The quantitative estimate of drug-likeness (QED) is 0.865. The fraction of sp³-hybridized carbons (Fsp3) is 0.625. The van der Waals surface area contributed by atoms with Gasteiger partial charge in [0.15, 0.2) is 11.5 Å². The van der Waals surface area contributed by atoms with Crippen molar-refractivity contribution in [2.24, 2.45) is 0 Å². The van der Waals surface area contributed by atoms with E-state index in [9.17, 15) is 0 Å². The van der Waals surface area contributed by atoms with Crippen LogP contribution in [-0.2, 0) is 4.74 Å². The number of anilines is 1. The number of rotatable bonds is 6. The van der Waals surface area contributed by atoms with Gasteiger partial charge in [-0.3, -0.25) is 0 Å². The van der Waals surface area contributed by atoms with Crippen LogP contribution in [0, 0.1) is 0 Å². The van der Waals surface area contributed by atoms with E-state index in [0.29, 0.717) is 18.8 Å². The van der Waals surface area contributed by atoms with Crippen molar-refractivity contribution in [3.63, 3.8) is 0 Å². The Kier molecular flexibility index (Phi) is 5.53. The Morgan fingerprint density at radius 3 is 2.75 bits per heavy atom. The average Bonchev–Trinajstić information content (AvgIpc) is 2.48. The molecule has 0 spiro atoms. The summed E-state index contributed by atoms with van der Waals surface area (Å²) in [7, 11) is 3.46. The fourth-order valence-electron chi connectivity index (χ4n) is 2.76. The maximum Gasteiger partial charge on any atom is 0.163 e. The van der Waals surface area contributed by atoms with Gasteiger partial charge in [0.2, 0.25) is 0 Å². The highest BCUT2D eigenvalue weighted by molar-refractivity contribution is 5.55. The predicted molar refractivity (Wildman–Crippen MR) is 80.8 cm³/mol. The molecule has 112 valence electrons. The van der Waals surface area contributed by atoms with Crippen LogP contribution in [0.3, 0.4) is 0 Å². The van der Waals surface area contributed by atoms with E-state index >= 15 is 0 Å². The highest BCUT2D eigenvalue weighted by Crippen LogP contribution is 2.32. The summed E-state index contributed by atoms with van der Waals surface area (Å²) in [6, 6.07) is 6.47. The third kappa shape index (κ3) is 3.79. The summed E-state index contributed by atoms with van der Waals surface area (Å²) in [6.07, 6.45) is 5.01. The summed E-state index contributed by atoms with van der Waals surface area (Å²) in [6.45, 7) is 2.61. The van der Waals surface area contributed by atoms with E-state index in [1.54, 1.807) is 14.2 Å². The Hall–Kier alpha value is -1.42. The summed E-state index contributed by atoms with van der Waals surface area (Å²) < 4.78 is 16.4. The molecule has 1 aromatic rings. The minimum Gasteiger partial charge on any atom is -0.493 e. The first-order chi connectivity index (χ1) is 9.76. The predicted octanol–water partition coefficient (Wildman–Crippen LogP) is 3.46. The second kappa shape index (κ2) is 7.39. The Morgan fingerprint density at radius 2 is 2.05 bits per heavy atom. The molecule has 1 fully saturated rings. The lowest BCUT2D eigenvalue weighted by Crippen LogP contribution is -2.30. The van der Waals surface area contributed by atoms with Crippen molar-refractivity contribution < 1.29 is 14.2 Å². The van der Waals surface area contributed by atoms with Crippen molar-refractivity contribution in [2.75, 3.05) is 26.1 Å². The van der Waals surface area contributed by atoms with E-state index in [1.807, 2.05) is 25.1 Å². The number of hydrogen-bond acceptors (Lipinski definition) is 4. The lowest BCUT2D eigenvalue weighted by atomic mass is 9.92. The van der Waals surface area contributed by atoms with Crippen LogP contribution in [0.4, 0.5) is 5.69 Å². The largest absolute Gasteiger partial charge is 0.493 e. The molecular weight excluding hydrogens is 254 g/mol. The summed E-state index contributed by atoms with van der Waals surface area (Å²) in [5.41, 5.74) is 1.08. The molecule has 0 aliphatic heterocycles. The van der Waals surface area contributed by atoms with E-state index in [1.165, 1.54) is 19.3 Å². The standard InChI is InChI=1S/C16H25NO3/c1-4-20-16-11-13(8-9-15(16)19-3)17-12-6-5-7-14(10-12)18-2/h8-9,11-12,14,17H,4-7,10H2,1-3H3. The van der Waals surface area contributed by atoms with E-state index < -0.39 is 0 Å². The average molecular weight is 279 g/mol. The van der Waals surface area contributed by atoms with E-state index in [2.05, 4.69) is 5.32 Å². The van der Waals surface area contributed by atoms with Gasteiger partial charge in [-0.25, -0.2) is 0 Å². The third-order valence-electron chi connectivity index (χ3n) is 3.79. The SMILES string of the molecule is CCOc1cc(NC2CCCC(OC)C2)ccc1OC. The van der Waals surface area contributed by atoms with Gasteiger partial charge >= 0.3 is 0 Å². The molecule has 0 saturated heterocycles. The molecule has 2 atom stereocenters. The molecule has 0 heterocycles. The Bertz CT molecular complexity index is 422. The highest BCUT2D eigenvalue weighted by atomic mass is 16.5. The van der Waals surface area contributed by atoms with Gasteiger partial charge in [0, 0.05) is 24.9 Å². The van der Waals surface area contributed by atoms with Gasteiger partial charge in [-0.2, -0.15) is 0 Å². The monoisotopic (exact) mass is 279 g/mol. The van der Waals surface area contributed by atoms with E-state index in [-0.39, 0.29) is 0 Å². The van der Waals surface area contributed by atoms with Gasteiger partial charge in [-0.05, 0) is 44.7 Å². The zero-order valence-corrected chi connectivity index (χ0v) is 12.6. The molecule has 1 aliphatic carbocycles. The molecule has 20 heavy (non-hydrogen) atoms. The first-order valence-electron chi connectivity index (χ1n) is 7.37. The van der Waals surface area contributed by atoms with Gasteiger partial charge in [0.25, 0.3) is 0 Å². The summed E-state index contributed by atoms with van der Waals surface area (Å²) in [4.78, 5) is 0. The first kappa shape index (κ1) is 15.0. The Morgan fingerprint density at radius 1 is 1.20 bits per heavy atom. The van der Waals surface area contributed by atoms with Crippen molar-refractivity contribution in [1.82, 2.24) is 0 Å². The lowest BCUT2D eigenvalue weighted by Gasteiger charge is -2.29. The molecule has 1 N–H and O–H groups in total. The fourth-order valence-corrected chi connectivity index (χ4v) is 2.76. The molecular formula is C16H25NO3. The summed E-state index contributed by atoms with van der Waals surface area (Å²) in [5, 5.41) is 3.58. The normalized spacial score (nSPS) is 22.4. The summed E-state index contributed by atoms with van der Waals surface area (Å²) >= 11 is 0. The molecule has 1 saturated carbocycles. The number of ether oxygens (including phenoxy) is 3. The molecule has 4 nitrogen and oxygen atoms in total. The molecule has 0 radical (unpaired) electrons. The number of benzene rings is 1. The lowest BCUT2D eigenvalue weighted by molar-refractivity contribution is 0.0669. The van der Waals surface area contributed by atoms with Crippen LogP contribution >= 0.6 is 0 Å². The second-order valence-corrected chi connectivity index (χ2v) is 5.16. The maximum absolute atomic E-state index is 5.61. The van der Waals surface area contributed by atoms with Crippen molar-refractivity contribution in [2.45, 2.75) is 44.8 Å². The van der Waals surface area contributed by atoms with Gasteiger partial charge in [0.05, 0.1) is 19.8 Å². The van der Waals surface area contributed by atoms with Gasteiger partial charge < -0.3 is 19.5 Å². The number of nitrogens with one attached hydrogen (secondary N) is 1. The molecule has 1 aliphatic rings. The molecule has 0 aromatic heterocycles. The molecule has 2 rings (SSSR count). The van der Waals surface area contributed by atoms with Crippen molar-refractivity contribution in [1.29, 1.82) is 0 Å². The Balaban J connectivity index is 2.03. The maximum atomic E-state index is 5.61. The van der Waals surface area contributed by atoms with Crippen molar-refractivity contribution in [3.05, 3.63) is 18.2 Å². The minimum absolute atomic E-state index is 0.380. The molecule has 0 bridgehead atoms.